The van der Waals surface area contributed by atoms with Crippen molar-refractivity contribution in [1.29, 1.82) is 0 Å². The van der Waals surface area contributed by atoms with E-state index < -0.39 is 11.9 Å². The number of pyridine rings is 2. The SMILES string of the molecule is O.O.O=C([O-])CSc1nccc(-c2cccnc2)n1.O=C([O-])CSc1nccc(-c2cccnc2)n1.[Mn+2].[OH3+].[OH3+].[OH3+].[OH3+]. The maximum Gasteiger partial charge on any atom is 2.00 e. The zero-order chi connectivity index (χ0) is 24.2. The van der Waals surface area contributed by atoms with E-state index in [1.807, 2.05) is 24.3 Å². The van der Waals surface area contributed by atoms with Crippen molar-refractivity contribution in [1.82, 2.24) is 29.9 Å². The molecule has 4 aromatic rings. The molecule has 4 rings (SSSR count). The Morgan fingerprint density at radius 3 is 1.29 bits per heavy atom. The van der Waals surface area contributed by atoms with Crippen molar-refractivity contribution in [3.8, 4) is 22.5 Å². The first-order valence-electron chi connectivity index (χ1n) is 9.63. The third-order valence-electron chi connectivity index (χ3n) is 3.82. The number of hydrogen-bond donors (Lipinski definition) is 0. The quantitative estimate of drug-likeness (QED) is 0.0746. The molecule has 0 aliphatic carbocycles. The van der Waals surface area contributed by atoms with Crippen molar-refractivity contribution in [2.24, 2.45) is 0 Å². The van der Waals surface area contributed by atoms with Gasteiger partial charge in [0.05, 0.1) is 23.3 Å². The first kappa shape index (κ1) is 47.2. The standard InChI is InChI=1S/2C11H9N3O2S.Mn.6H2O/c2*15-10(16)7-17-11-13-5-3-9(14-11)8-2-1-4-12-6-8;;;;;;;/h2*1-6H,7H2,(H,15,16);;6*1H2/q;;+2;;;;;;/p+2. The van der Waals surface area contributed by atoms with Crippen molar-refractivity contribution in [3.63, 3.8) is 0 Å². The Balaban J connectivity index is -0.000000180. The predicted octanol–water partition coefficient (Wildman–Crippen LogP) is -4.58. The van der Waals surface area contributed by atoms with Crippen LogP contribution in [0.4, 0.5) is 0 Å². The number of carbonyl (C=O) groups is 2. The molecule has 0 fully saturated rings. The molecule has 19 heteroatoms. The van der Waals surface area contributed by atoms with E-state index >= 15 is 0 Å². The van der Waals surface area contributed by atoms with Crippen LogP contribution >= 0.6 is 23.5 Å². The zero-order valence-electron chi connectivity index (χ0n) is 21.2. The van der Waals surface area contributed by atoms with Gasteiger partial charge in [-0.05, 0) is 36.4 Å². The van der Waals surface area contributed by atoms with Gasteiger partial charge in [0.15, 0.2) is 10.3 Å². The molecular formula is C22H32MnN6O10S2+4. The molecule has 0 aliphatic heterocycles. The minimum atomic E-state index is -1.13. The number of aliphatic carboxylic acids is 2. The summed E-state index contributed by atoms with van der Waals surface area (Å²) in [7, 11) is 0. The Morgan fingerprint density at radius 2 is 1.00 bits per heavy atom. The number of rotatable bonds is 8. The van der Waals surface area contributed by atoms with Crippen molar-refractivity contribution < 1.29 is 69.7 Å². The fraction of sp³-hybridized carbons (Fsp3) is 0.0909. The molecule has 0 aliphatic rings. The Morgan fingerprint density at radius 1 is 0.634 bits per heavy atom. The summed E-state index contributed by atoms with van der Waals surface area (Å²) in [6, 6.07) is 10.9. The van der Waals surface area contributed by atoms with E-state index in [2.05, 4.69) is 29.9 Å². The predicted molar refractivity (Wildman–Crippen MR) is 149 cm³/mol. The smallest absolute Gasteiger partial charge is 0.549 e. The van der Waals surface area contributed by atoms with E-state index in [0.717, 1.165) is 34.7 Å². The average molecular weight is 660 g/mol. The summed E-state index contributed by atoms with van der Waals surface area (Å²) < 4.78 is 0. The molecule has 1 radical (unpaired) electrons. The zero-order valence-corrected chi connectivity index (χ0v) is 24.0. The largest absolute Gasteiger partial charge is 2.00 e. The molecule has 0 saturated carbocycles. The maximum absolute atomic E-state index is 10.3. The van der Waals surface area contributed by atoms with Gasteiger partial charge in [-0.3, -0.25) is 9.97 Å². The number of thioether (sulfide) groups is 2. The van der Waals surface area contributed by atoms with Gasteiger partial charge in [-0.2, -0.15) is 0 Å². The van der Waals surface area contributed by atoms with Crippen LogP contribution in [-0.4, -0.2) is 64.3 Å². The minimum absolute atomic E-state index is 0. The van der Waals surface area contributed by atoms with Crippen LogP contribution < -0.4 is 10.2 Å². The van der Waals surface area contributed by atoms with Crippen LogP contribution in [-0.2, 0) is 48.6 Å². The van der Waals surface area contributed by atoms with Crippen molar-refractivity contribution in [2.75, 3.05) is 11.5 Å². The average Bonchev–Trinajstić information content (AvgIpc) is 2.88. The fourth-order valence-electron chi connectivity index (χ4n) is 2.42. The summed E-state index contributed by atoms with van der Waals surface area (Å²) in [5.41, 5.74) is 3.17. The summed E-state index contributed by atoms with van der Waals surface area (Å²) in [5, 5.41) is 21.5. The molecule has 0 atom stereocenters. The second kappa shape index (κ2) is 25.4. The van der Waals surface area contributed by atoms with Crippen molar-refractivity contribution in [3.05, 3.63) is 73.6 Å². The van der Waals surface area contributed by atoms with E-state index in [0.29, 0.717) is 21.7 Å². The minimum Gasteiger partial charge on any atom is -0.549 e. The van der Waals surface area contributed by atoms with Gasteiger partial charge in [0.25, 0.3) is 0 Å². The third-order valence-corrected chi connectivity index (χ3v) is 5.49. The second-order valence-corrected chi connectivity index (χ2v) is 8.14. The molecule has 225 valence electrons. The second-order valence-electron chi connectivity index (χ2n) is 6.25. The Hall–Kier alpha value is -3.62. The van der Waals surface area contributed by atoms with Crippen LogP contribution in [0.3, 0.4) is 0 Å². The number of carboxylic acid groups (broad SMARTS) is 2. The van der Waals surface area contributed by atoms with Crippen LogP contribution in [0.5, 0.6) is 0 Å². The van der Waals surface area contributed by atoms with E-state index in [4.69, 9.17) is 0 Å². The number of hydrogen-bond acceptors (Lipinski definition) is 12. The van der Waals surface area contributed by atoms with Gasteiger partial charge >= 0.3 is 17.1 Å². The molecule has 0 saturated heterocycles. The molecule has 4 heterocycles. The molecule has 0 amide bonds. The molecule has 4 aromatic heterocycles. The van der Waals surface area contributed by atoms with Crippen LogP contribution in [0.25, 0.3) is 22.5 Å². The van der Waals surface area contributed by atoms with E-state index in [1.165, 1.54) is 0 Å². The van der Waals surface area contributed by atoms with Gasteiger partial charge in [0.2, 0.25) is 0 Å². The maximum atomic E-state index is 10.3. The van der Waals surface area contributed by atoms with Gasteiger partial charge in [0, 0.05) is 59.8 Å². The number of carbonyl (C=O) groups excluding carboxylic acids is 2. The first-order chi connectivity index (χ1) is 16.5. The molecule has 0 bridgehead atoms. The molecule has 0 aromatic carbocycles. The molecule has 16 nitrogen and oxygen atoms in total. The first-order valence-corrected chi connectivity index (χ1v) is 11.6. The number of carboxylic acids is 2. The molecule has 16 N–H and O–H groups in total. The summed E-state index contributed by atoms with van der Waals surface area (Å²) >= 11 is 2.07. The molecule has 41 heavy (non-hydrogen) atoms. The summed E-state index contributed by atoms with van der Waals surface area (Å²) in [6.07, 6.45) is 9.91. The van der Waals surface area contributed by atoms with Crippen LogP contribution in [0.1, 0.15) is 0 Å². The fourth-order valence-corrected chi connectivity index (χ4v) is 3.51. The van der Waals surface area contributed by atoms with Crippen molar-refractivity contribution in [2.45, 2.75) is 10.3 Å². The van der Waals surface area contributed by atoms with Gasteiger partial charge in [-0.25, -0.2) is 19.9 Å². The van der Waals surface area contributed by atoms with Gasteiger partial charge < -0.3 is 52.7 Å². The normalized spacial score (nSPS) is 8.39. The monoisotopic (exact) mass is 659 g/mol. The Labute approximate surface area is 252 Å². The number of aromatic nitrogens is 6. The molecule has 0 unspecified atom stereocenters. The van der Waals surface area contributed by atoms with Gasteiger partial charge in [0.1, 0.15) is 0 Å². The van der Waals surface area contributed by atoms with Crippen LogP contribution in [0.15, 0.2) is 83.9 Å². The summed E-state index contributed by atoms with van der Waals surface area (Å²) in [4.78, 5) is 45.1. The van der Waals surface area contributed by atoms with E-state index in [9.17, 15) is 19.8 Å². The van der Waals surface area contributed by atoms with Gasteiger partial charge in [-0.1, -0.05) is 23.5 Å². The Bertz CT molecular complexity index is 1160. The summed E-state index contributed by atoms with van der Waals surface area (Å²) in [6.45, 7) is 0. The topological polar surface area (TPSA) is 353 Å². The third kappa shape index (κ3) is 16.9. The molecular weight excluding hydrogens is 627 g/mol. The van der Waals surface area contributed by atoms with Crippen molar-refractivity contribution >= 4 is 35.5 Å². The van der Waals surface area contributed by atoms with E-state index in [-0.39, 0.29) is 61.4 Å². The van der Waals surface area contributed by atoms with Crippen LogP contribution in [0, 0.1) is 0 Å². The number of nitrogens with zero attached hydrogens (tertiary/aromatic N) is 6. The summed E-state index contributed by atoms with van der Waals surface area (Å²) in [5.74, 6) is -2.58. The van der Waals surface area contributed by atoms with E-state index in [1.54, 1.807) is 49.3 Å². The van der Waals surface area contributed by atoms with Crippen LogP contribution in [0.2, 0.25) is 0 Å². The van der Waals surface area contributed by atoms with Gasteiger partial charge in [-0.15, -0.1) is 0 Å². The molecule has 0 spiro atoms. The Kier molecular flexibility index (Phi) is 29.2.